The van der Waals surface area contributed by atoms with Crippen molar-refractivity contribution >= 4 is 22.5 Å². The van der Waals surface area contributed by atoms with Gasteiger partial charge in [-0.1, -0.05) is 13.5 Å². The van der Waals surface area contributed by atoms with E-state index in [1.807, 2.05) is 13.8 Å². The number of pyridine rings is 2. The lowest BCUT2D eigenvalue weighted by atomic mass is 9.91. The van der Waals surface area contributed by atoms with Crippen LogP contribution in [0.15, 0.2) is 23.0 Å². The number of aromatic nitrogens is 2. The summed E-state index contributed by atoms with van der Waals surface area (Å²) < 4.78 is 1.55. The highest BCUT2D eigenvalue weighted by atomic mass is 16.3. The van der Waals surface area contributed by atoms with Crippen LogP contribution >= 0.6 is 0 Å². The molecule has 0 bridgehead atoms. The van der Waals surface area contributed by atoms with Crippen LogP contribution in [-0.2, 0) is 7.05 Å². The Hall–Kier alpha value is -2.39. The summed E-state index contributed by atoms with van der Waals surface area (Å²) in [5, 5.41) is 10.1. The van der Waals surface area contributed by atoms with Gasteiger partial charge in [-0.05, 0) is 31.4 Å². The fourth-order valence-electron chi connectivity index (χ4n) is 3.24. The fraction of sp³-hybridized carbons (Fsp3) is 0.471. The molecule has 1 fully saturated rings. The third kappa shape index (κ3) is 2.57. The molecule has 6 heteroatoms. The van der Waals surface area contributed by atoms with E-state index in [0.717, 1.165) is 5.69 Å². The highest BCUT2D eigenvalue weighted by molar-refractivity contribution is 5.89. The molecule has 3 atom stereocenters. The lowest BCUT2D eigenvalue weighted by Gasteiger charge is -2.41. The first-order valence-electron chi connectivity index (χ1n) is 7.75. The quantitative estimate of drug-likeness (QED) is 0.819. The van der Waals surface area contributed by atoms with Crippen molar-refractivity contribution < 1.29 is 5.11 Å². The van der Waals surface area contributed by atoms with Crippen LogP contribution in [0.1, 0.15) is 20.3 Å². The molecule has 0 aromatic carbocycles. The fourth-order valence-corrected chi connectivity index (χ4v) is 3.24. The molecule has 0 radical (unpaired) electrons. The lowest BCUT2D eigenvalue weighted by Crippen LogP contribution is -2.48. The Kier molecular flexibility index (Phi) is 3.82. The van der Waals surface area contributed by atoms with E-state index in [2.05, 4.69) is 14.7 Å². The van der Waals surface area contributed by atoms with Gasteiger partial charge in [-0.25, -0.2) is 0 Å². The van der Waals surface area contributed by atoms with Crippen LogP contribution in [0.5, 0.6) is 0 Å². The molecule has 3 rings (SSSR count). The second-order valence-corrected chi connectivity index (χ2v) is 6.36. The van der Waals surface area contributed by atoms with Crippen LogP contribution in [0.3, 0.4) is 0 Å². The normalized spacial score (nSPS) is 24.7. The maximum absolute atomic E-state index is 12.3. The highest BCUT2D eigenvalue weighted by Gasteiger charge is 2.32. The standard InChI is InChI=1S/C17H20N4O2/c1-10-9-21(11(2)7-14(10)22)13-8-16(23)20(4)12-5-6-15(18-3)19-17(12)13/h5-6,8,10-11,14,22H,7,9H2,1-2,4H3/t10-,11+,14-/m0/s1. The van der Waals surface area contributed by atoms with E-state index >= 15 is 0 Å². The van der Waals surface area contributed by atoms with Crippen molar-refractivity contribution in [1.29, 1.82) is 0 Å². The van der Waals surface area contributed by atoms with E-state index < -0.39 is 0 Å². The number of aryl methyl sites for hydroxylation is 1. The summed E-state index contributed by atoms with van der Waals surface area (Å²) in [7, 11) is 1.71. The van der Waals surface area contributed by atoms with Gasteiger partial charge in [0.25, 0.3) is 11.4 Å². The van der Waals surface area contributed by atoms with Crippen LogP contribution in [0.4, 0.5) is 11.5 Å². The molecule has 1 aliphatic heterocycles. The second-order valence-electron chi connectivity index (χ2n) is 6.36. The van der Waals surface area contributed by atoms with Crippen LogP contribution < -0.4 is 10.5 Å². The molecule has 0 amide bonds. The Morgan fingerprint density at radius 3 is 2.83 bits per heavy atom. The summed E-state index contributed by atoms with van der Waals surface area (Å²) in [6, 6.07) is 5.09. The molecular weight excluding hydrogens is 292 g/mol. The second kappa shape index (κ2) is 5.67. The van der Waals surface area contributed by atoms with Gasteiger partial charge >= 0.3 is 0 Å². The van der Waals surface area contributed by atoms with Crippen molar-refractivity contribution in [1.82, 2.24) is 9.55 Å². The van der Waals surface area contributed by atoms with Crippen LogP contribution in [0, 0.1) is 12.5 Å². The maximum Gasteiger partial charge on any atom is 0.270 e. The zero-order valence-corrected chi connectivity index (χ0v) is 13.5. The van der Waals surface area contributed by atoms with Crippen LogP contribution in [0.2, 0.25) is 0 Å². The van der Waals surface area contributed by atoms with Gasteiger partial charge in [-0.3, -0.25) is 4.79 Å². The Morgan fingerprint density at radius 1 is 1.39 bits per heavy atom. The van der Waals surface area contributed by atoms with Crippen molar-refractivity contribution in [3.8, 4) is 0 Å². The lowest BCUT2D eigenvalue weighted by molar-refractivity contribution is 0.0840. The highest BCUT2D eigenvalue weighted by Crippen LogP contribution is 2.32. The van der Waals surface area contributed by atoms with E-state index in [4.69, 9.17) is 6.57 Å². The Labute approximate surface area is 134 Å². The molecule has 0 spiro atoms. The average molecular weight is 312 g/mol. The first-order valence-corrected chi connectivity index (χ1v) is 7.75. The van der Waals surface area contributed by atoms with E-state index in [0.29, 0.717) is 29.8 Å². The first-order chi connectivity index (χ1) is 10.9. The number of piperidine rings is 1. The van der Waals surface area contributed by atoms with Gasteiger partial charge in [-0.15, -0.1) is 4.98 Å². The molecule has 1 aliphatic rings. The summed E-state index contributed by atoms with van der Waals surface area (Å²) in [5.74, 6) is 0.435. The first kappa shape index (κ1) is 15.5. The minimum absolute atomic E-state index is 0.101. The molecule has 2 aromatic heterocycles. The SMILES string of the molecule is [C-]#[N+]c1ccc2c(n1)c(N1C[C@H](C)[C@@H](O)C[C@H]1C)cc(=O)n2C. The summed E-state index contributed by atoms with van der Waals surface area (Å²) in [6.45, 7) is 11.9. The van der Waals surface area contributed by atoms with Crippen molar-refractivity contribution in [2.24, 2.45) is 13.0 Å². The van der Waals surface area contributed by atoms with E-state index in [9.17, 15) is 9.90 Å². The smallest absolute Gasteiger partial charge is 0.270 e. The Morgan fingerprint density at radius 2 is 2.13 bits per heavy atom. The number of aliphatic hydroxyl groups excluding tert-OH is 1. The molecule has 1 N–H and O–H groups in total. The molecule has 120 valence electrons. The number of rotatable bonds is 1. The number of aliphatic hydroxyl groups is 1. The van der Waals surface area contributed by atoms with E-state index in [1.165, 1.54) is 0 Å². The van der Waals surface area contributed by atoms with Gasteiger partial charge in [0.1, 0.15) is 0 Å². The predicted molar refractivity (Wildman–Crippen MR) is 89.8 cm³/mol. The predicted octanol–water partition coefficient (Wildman–Crippen LogP) is 2.08. The van der Waals surface area contributed by atoms with Gasteiger partial charge in [0.15, 0.2) is 0 Å². The number of hydrogen-bond donors (Lipinski definition) is 1. The van der Waals surface area contributed by atoms with E-state index in [1.54, 1.807) is 29.8 Å². The maximum atomic E-state index is 12.3. The molecule has 23 heavy (non-hydrogen) atoms. The van der Waals surface area contributed by atoms with Gasteiger partial charge in [0.05, 0.1) is 17.3 Å². The zero-order chi connectivity index (χ0) is 16.7. The molecule has 3 heterocycles. The number of hydrogen-bond acceptors (Lipinski definition) is 4. The monoisotopic (exact) mass is 312 g/mol. The van der Waals surface area contributed by atoms with Crippen LogP contribution in [0.25, 0.3) is 15.9 Å². The topological polar surface area (TPSA) is 62.7 Å². The average Bonchev–Trinajstić information content (AvgIpc) is 2.54. The van der Waals surface area contributed by atoms with Gasteiger partial charge in [-0.2, -0.15) is 0 Å². The van der Waals surface area contributed by atoms with Crippen molar-refractivity contribution in [3.63, 3.8) is 0 Å². The van der Waals surface area contributed by atoms with Gasteiger partial charge in [0.2, 0.25) is 5.52 Å². The number of anilines is 1. The van der Waals surface area contributed by atoms with Crippen molar-refractivity contribution in [2.75, 3.05) is 11.4 Å². The molecule has 1 saturated heterocycles. The van der Waals surface area contributed by atoms with E-state index in [-0.39, 0.29) is 23.6 Å². The molecule has 0 aliphatic carbocycles. The molecule has 2 aromatic rings. The van der Waals surface area contributed by atoms with Crippen molar-refractivity contribution in [3.05, 3.63) is 40.0 Å². The summed E-state index contributed by atoms with van der Waals surface area (Å²) in [4.78, 5) is 22.3. The summed E-state index contributed by atoms with van der Waals surface area (Å²) in [6.07, 6.45) is 0.325. The molecular formula is C17H20N4O2. The third-order valence-electron chi connectivity index (χ3n) is 4.73. The molecule has 0 unspecified atom stereocenters. The number of fused-ring (bicyclic) bond motifs is 1. The largest absolute Gasteiger partial charge is 0.393 e. The van der Waals surface area contributed by atoms with Gasteiger partial charge in [0, 0.05) is 25.7 Å². The van der Waals surface area contributed by atoms with Gasteiger partial charge < -0.3 is 19.4 Å². The molecule has 0 saturated carbocycles. The minimum atomic E-state index is -0.328. The Balaban J connectivity index is 2.22. The summed E-state index contributed by atoms with van der Waals surface area (Å²) in [5.41, 5.74) is 2.03. The Bertz CT molecular complexity index is 852. The minimum Gasteiger partial charge on any atom is -0.393 e. The number of nitrogens with zero attached hydrogens (tertiary/aromatic N) is 4. The van der Waals surface area contributed by atoms with Crippen molar-refractivity contribution in [2.45, 2.75) is 32.4 Å². The third-order valence-corrected chi connectivity index (χ3v) is 4.73. The zero-order valence-electron chi connectivity index (χ0n) is 13.5. The summed E-state index contributed by atoms with van der Waals surface area (Å²) >= 11 is 0. The van der Waals surface area contributed by atoms with Crippen LogP contribution in [-0.4, -0.2) is 33.3 Å². The molecule has 6 nitrogen and oxygen atoms in total.